The standard InChI is InChI=1S/C26H34F3N3O4S/c27-20-21(28)25(37(30,35)36)24(32-19-10-8-6-4-2-1-3-5-7-9-11-19)22(29)23(20)31-16-17-12-14-18(15-13-17)26(33)34/h12-15,19,31-32H,1-11,16H2,(H,33,34)(H2,30,35,36). The average Bonchev–Trinajstić information content (AvgIpc) is 2.83. The highest BCUT2D eigenvalue weighted by Crippen LogP contribution is 2.37. The van der Waals surface area contributed by atoms with Gasteiger partial charge in [0.2, 0.25) is 10.0 Å². The molecule has 2 aromatic carbocycles. The molecule has 1 aliphatic carbocycles. The number of halogens is 3. The quantitative estimate of drug-likeness (QED) is 0.312. The van der Waals surface area contributed by atoms with E-state index < -0.39 is 49.7 Å². The first-order valence-corrected chi connectivity index (χ1v) is 14.2. The second-order valence-corrected chi connectivity index (χ2v) is 11.0. The van der Waals surface area contributed by atoms with Gasteiger partial charge in [-0.2, -0.15) is 0 Å². The molecule has 0 spiro atoms. The number of carbonyl (C=O) groups is 1. The van der Waals surface area contributed by atoms with Crippen molar-refractivity contribution >= 4 is 27.4 Å². The number of hydrogen-bond acceptors (Lipinski definition) is 5. The van der Waals surface area contributed by atoms with E-state index in [1.165, 1.54) is 30.7 Å². The molecule has 7 nitrogen and oxygen atoms in total. The van der Waals surface area contributed by atoms with E-state index in [-0.39, 0.29) is 18.2 Å². The van der Waals surface area contributed by atoms with Crippen LogP contribution < -0.4 is 15.8 Å². The topological polar surface area (TPSA) is 122 Å². The molecule has 0 aromatic heterocycles. The molecule has 1 fully saturated rings. The summed E-state index contributed by atoms with van der Waals surface area (Å²) in [5.41, 5.74) is -0.994. The van der Waals surface area contributed by atoms with Crippen molar-refractivity contribution in [2.45, 2.75) is 88.1 Å². The van der Waals surface area contributed by atoms with Gasteiger partial charge in [-0.1, -0.05) is 69.9 Å². The van der Waals surface area contributed by atoms with Gasteiger partial charge < -0.3 is 15.7 Å². The summed E-state index contributed by atoms with van der Waals surface area (Å²) in [6.45, 7) is -0.162. The number of nitrogens with two attached hydrogens (primary N) is 1. The van der Waals surface area contributed by atoms with E-state index in [1.54, 1.807) is 0 Å². The van der Waals surface area contributed by atoms with Crippen molar-refractivity contribution in [1.29, 1.82) is 0 Å². The summed E-state index contributed by atoms with van der Waals surface area (Å²) in [5, 5.41) is 19.5. The lowest BCUT2D eigenvalue weighted by Gasteiger charge is -2.24. The highest BCUT2D eigenvalue weighted by atomic mass is 32.2. The van der Waals surface area contributed by atoms with E-state index in [4.69, 9.17) is 10.2 Å². The van der Waals surface area contributed by atoms with Gasteiger partial charge in [0.05, 0.1) is 11.3 Å². The van der Waals surface area contributed by atoms with Crippen LogP contribution in [0.4, 0.5) is 24.5 Å². The maximum absolute atomic E-state index is 15.6. The Morgan fingerprint density at radius 2 is 1.35 bits per heavy atom. The van der Waals surface area contributed by atoms with Crippen LogP contribution in [0.1, 0.15) is 86.6 Å². The van der Waals surface area contributed by atoms with Crippen molar-refractivity contribution in [1.82, 2.24) is 0 Å². The van der Waals surface area contributed by atoms with Crippen LogP contribution in [-0.2, 0) is 16.6 Å². The molecule has 5 N–H and O–H groups in total. The predicted octanol–water partition coefficient (Wildman–Crippen LogP) is 6.15. The van der Waals surface area contributed by atoms with Crippen LogP contribution in [0.3, 0.4) is 0 Å². The summed E-state index contributed by atoms with van der Waals surface area (Å²) in [5.74, 6) is -5.87. The molecule has 0 saturated heterocycles. The van der Waals surface area contributed by atoms with Crippen LogP contribution in [0.25, 0.3) is 0 Å². The fraction of sp³-hybridized carbons (Fsp3) is 0.500. The van der Waals surface area contributed by atoms with Crippen LogP contribution in [0.2, 0.25) is 0 Å². The Labute approximate surface area is 215 Å². The first kappa shape index (κ1) is 28.8. The number of carboxylic acids is 1. The lowest BCUT2D eigenvalue weighted by atomic mass is 9.97. The maximum Gasteiger partial charge on any atom is 0.335 e. The van der Waals surface area contributed by atoms with Gasteiger partial charge in [-0.25, -0.2) is 31.5 Å². The van der Waals surface area contributed by atoms with Gasteiger partial charge in [0.15, 0.2) is 17.5 Å². The molecule has 0 atom stereocenters. The molecule has 0 bridgehead atoms. The number of rotatable bonds is 7. The lowest BCUT2D eigenvalue weighted by Crippen LogP contribution is -2.26. The zero-order valence-electron chi connectivity index (χ0n) is 20.7. The smallest absolute Gasteiger partial charge is 0.335 e. The SMILES string of the molecule is NS(=O)(=O)c1c(F)c(F)c(NCc2ccc(C(=O)O)cc2)c(F)c1NC1CCCCCCCCCCC1. The van der Waals surface area contributed by atoms with Crippen molar-refractivity contribution in [2.24, 2.45) is 5.14 Å². The zero-order chi connectivity index (χ0) is 27.0. The first-order valence-electron chi connectivity index (χ1n) is 12.7. The van der Waals surface area contributed by atoms with Crippen LogP contribution in [0.5, 0.6) is 0 Å². The monoisotopic (exact) mass is 541 g/mol. The molecule has 1 saturated carbocycles. The normalized spacial score (nSPS) is 16.4. The maximum atomic E-state index is 15.6. The third-order valence-electron chi connectivity index (χ3n) is 6.69. The van der Waals surface area contributed by atoms with Crippen molar-refractivity contribution in [3.63, 3.8) is 0 Å². The Balaban J connectivity index is 1.91. The Morgan fingerprint density at radius 3 is 1.84 bits per heavy atom. The molecule has 0 radical (unpaired) electrons. The lowest BCUT2D eigenvalue weighted by molar-refractivity contribution is 0.0697. The molecule has 37 heavy (non-hydrogen) atoms. The van der Waals surface area contributed by atoms with Crippen molar-refractivity contribution in [3.05, 3.63) is 52.8 Å². The fourth-order valence-electron chi connectivity index (χ4n) is 4.66. The van der Waals surface area contributed by atoms with E-state index >= 15 is 8.78 Å². The number of benzene rings is 2. The molecule has 0 amide bonds. The molecule has 1 aliphatic rings. The summed E-state index contributed by atoms with van der Waals surface area (Å²) < 4.78 is 70.0. The highest BCUT2D eigenvalue weighted by Gasteiger charge is 2.32. The van der Waals surface area contributed by atoms with E-state index in [1.807, 2.05) is 0 Å². The zero-order valence-corrected chi connectivity index (χ0v) is 21.5. The molecular weight excluding hydrogens is 507 g/mol. The Kier molecular flexibility index (Phi) is 10.2. The summed E-state index contributed by atoms with van der Waals surface area (Å²) in [6, 6.07) is 5.22. The Bertz CT molecular complexity index is 1180. The van der Waals surface area contributed by atoms with Crippen molar-refractivity contribution in [3.8, 4) is 0 Å². The number of nitrogens with one attached hydrogen (secondary N) is 2. The molecule has 0 aliphatic heterocycles. The van der Waals surface area contributed by atoms with Gasteiger partial charge in [-0.15, -0.1) is 0 Å². The number of hydrogen-bond donors (Lipinski definition) is 4. The molecule has 0 unspecified atom stereocenters. The van der Waals surface area contributed by atoms with Gasteiger partial charge in [0.1, 0.15) is 10.6 Å². The van der Waals surface area contributed by atoms with E-state index in [9.17, 15) is 17.6 Å². The molecular formula is C26H34F3N3O4S. The number of anilines is 2. The summed E-state index contributed by atoms with van der Waals surface area (Å²) in [4.78, 5) is 9.79. The highest BCUT2D eigenvalue weighted by molar-refractivity contribution is 7.89. The van der Waals surface area contributed by atoms with Gasteiger partial charge >= 0.3 is 5.97 Å². The number of aromatic carboxylic acids is 1. The minimum Gasteiger partial charge on any atom is -0.478 e. The number of primary sulfonamides is 1. The molecule has 0 heterocycles. The largest absolute Gasteiger partial charge is 0.478 e. The third-order valence-corrected chi connectivity index (χ3v) is 7.64. The minimum atomic E-state index is -4.80. The molecule has 3 rings (SSSR count). The fourth-order valence-corrected chi connectivity index (χ4v) is 5.43. The number of carboxylic acid groups (broad SMARTS) is 1. The van der Waals surface area contributed by atoms with E-state index in [0.29, 0.717) is 18.4 Å². The molecule has 2 aromatic rings. The van der Waals surface area contributed by atoms with E-state index in [0.717, 1.165) is 51.4 Å². The molecule has 11 heteroatoms. The minimum absolute atomic E-state index is 0.0353. The van der Waals surface area contributed by atoms with Crippen LogP contribution in [0, 0.1) is 17.5 Å². The Morgan fingerprint density at radius 1 is 0.838 bits per heavy atom. The van der Waals surface area contributed by atoms with Gasteiger partial charge in [0, 0.05) is 12.6 Å². The summed E-state index contributed by atoms with van der Waals surface area (Å²) in [7, 11) is -4.80. The van der Waals surface area contributed by atoms with Crippen LogP contribution in [0.15, 0.2) is 29.2 Å². The van der Waals surface area contributed by atoms with Gasteiger partial charge in [0.25, 0.3) is 0 Å². The third kappa shape index (κ3) is 7.85. The van der Waals surface area contributed by atoms with Crippen LogP contribution in [-0.4, -0.2) is 25.5 Å². The Hall–Kier alpha value is -2.79. The van der Waals surface area contributed by atoms with E-state index in [2.05, 4.69) is 10.6 Å². The van der Waals surface area contributed by atoms with Crippen molar-refractivity contribution < 1.29 is 31.5 Å². The predicted molar refractivity (Wildman–Crippen MR) is 137 cm³/mol. The second kappa shape index (κ2) is 13.1. The number of sulfonamides is 1. The second-order valence-electron chi connectivity index (χ2n) is 9.52. The van der Waals surface area contributed by atoms with Crippen LogP contribution >= 0.6 is 0 Å². The van der Waals surface area contributed by atoms with Gasteiger partial charge in [-0.05, 0) is 30.5 Å². The average molecular weight is 542 g/mol. The first-order chi connectivity index (χ1) is 17.6. The van der Waals surface area contributed by atoms with Gasteiger partial charge in [-0.3, -0.25) is 0 Å². The summed E-state index contributed by atoms with van der Waals surface area (Å²) >= 11 is 0. The molecule has 204 valence electrons. The van der Waals surface area contributed by atoms with Crippen molar-refractivity contribution in [2.75, 3.05) is 10.6 Å². The summed E-state index contributed by atoms with van der Waals surface area (Å²) in [6.07, 6.45) is 10.6.